The summed E-state index contributed by atoms with van der Waals surface area (Å²) in [4.78, 5) is 13.5. The van der Waals surface area contributed by atoms with Crippen molar-refractivity contribution in [1.29, 1.82) is 0 Å². The fraction of sp³-hybridized carbons (Fsp3) is 0.375. The van der Waals surface area contributed by atoms with Gasteiger partial charge in [-0.1, -0.05) is 0 Å². The highest BCUT2D eigenvalue weighted by Gasteiger charge is 2.27. The Morgan fingerprint density at radius 1 is 1.71 bits per heavy atom. The van der Waals surface area contributed by atoms with Crippen LogP contribution in [-0.2, 0) is 10.3 Å². The second kappa shape index (κ2) is 4.04. The van der Waals surface area contributed by atoms with Gasteiger partial charge in [-0.05, 0) is 44.8 Å². The van der Waals surface area contributed by atoms with Crippen molar-refractivity contribution in [3.63, 3.8) is 0 Å². The third kappa shape index (κ3) is 2.59. The molecule has 4 N–H and O–H groups in total. The second-order valence-corrected chi connectivity index (χ2v) is 4.98. The summed E-state index contributed by atoms with van der Waals surface area (Å²) in [5, 5.41) is 8.67. The molecule has 1 heterocycles. The van der Waals surface area contributed by atoms with Gasteiger partial charge in [0, 0.05) is 5.69 Å². The third-order valence-corrected chi connectivity index (χ3v) is 3.64. The highest BCUT2D eigenvalue weighted by atomic mass is 79.9. The zero-order valence-corrected chi connectivity index (χ0v) is 10.6. The number of carboxylic acids is 1. The number of rotatable bonds is 3. The molecule has 78 valence electrons. The molecule has 4 nitrogen and oxygen atoms in total. The van der Waals surface area contributed by atoms with E-state index in [0.29, 0.717) is 5.69 Å². The minimum atomic E-state index is -0.920. The van der Waals surface area contributed by atoms with Crippen molar-refractivity contribution in [2.24, 2.45) is 5.73 Å². The van der Waals surface area contributed by atoms with E-state index in [-0.39, 0.29) is 6.42 Å². The van der Waals surface area contributed by atoms with Crippen LogP contribution in [0.25, 0.3) is 0 Å². The Hall–Kier alpha value is -0.330. The maximum atomic E-state index is 10.6. The lowest BCUT2D eigenvalue weighted by Crippen LogP contribution is -2.35. The Balaban J connectivity index is 2.97. The predicted molar refractivity (Wildman–Crippen MR) is 60.0 cm³/mol. The fourth-order valence-corrected chi connectivity index (χ4v) is 1.78. The lowest BCUT2D eigenvalue weighted by atomic mass is 9.95. The molecule has 0 radical (unpaired) electrons. The summed E-state index contributed by atoms with van der Waals surface area (Å²) in [5.41, 5.74) is 5.66. The first kappa shape index (κ1) is 11.7. The number of carboxylic acid groups (broad SMARTS) is 1. The molecular weight excluding hydrogens is 316 g/mol. The monoisotopic (exact) mass is 324 g/mol. The quantitative estimate of drug-likeness (QED) is 0.797. The van der Waals surface area contributed by atoms with Gasteiger partial charge in [0.15, 0.2) is 0 Å². The van der Waals surface area contributed by atoms with Crippen molar-refractivity contribution in [2.45, 2.75) is 18.9 Å². The SMILES string of the molecule is CC(N)(CC(=O)O)c1cc(Br)c(Br)[nH]1. The van der Waals surface area contributed by atoms with Crippen molar-refractivity contribution in [1.82, 2.24) is 4.98 Å². The van der Waals surface area contributed by atoms with Crippen LogP contribution < -0.4 is 5.73 Å². The number of aliphatic carboxylic acids is 1. The molecule has 0 aliphatic carbocycles. The zero-order chi connectivity index (χ0) is 10.9. The molecule has 1 unspecified atom stereocenters. The van der Waals surface area contributed by atoms with E-state index in [1.165, 1.54) is 0 Å². The van der Waals surface area contributed by atoms with E-state index in [4.69, 9.17) is 10.8 Å². The number of hydrogen-bond acceptors (Lipinski definition) is 2. The number of aromatic amines is 1. The summed E-state index contributed by atoms with van der Waals surface area (Å²) in [6, 6.07) is 1.77. The first-order valence-electron chi connectivity index (χ1n) is 3.88. The number of nitrogens with two attached hydrogens (primary N) is 1. The minimum Gasteiger partial charge on any atom is -0.481 e. The molecule has 1 atom stereocenters. The van der Waals surface area contributed by atoms with Crippen molar-refractivity contribution in [3.8, 4) is 0 Å². The van der Waals surface area contributed by atoms with Gasteiger partial charge >= 0.3 is 5.97 Å². The van der Waals surface area contributed by atoms with E-state index in [1.807, 2.05) is 0 Å². The van der Waals surface area contributed by atoms with Gasteiger partial charge < -0.3 is 15.8 Å². The van der Waals surface area contributed by atoms with Gasteiger partial charge in [-0.3, -0.25) is 4.79 Å². The summed E-state index contributed by atoms with van der Waals surface area (Å²) in [7, 11) is 0. The molecular formula is C8H10Br2N2O2. The molecule has 6 heteroatoms. The predicted octanol–water partition coefficient (Wildman–Crippen LogP) is 2.19. The molecule has 1 rings (SSSR count). The second-order valence-electron chi connectivity index (χ2n) is 3.33. The molecule has 0 aromatic carbocycles. The van der Waals surface area contributed by atoms with Crippen LogP contribution >= 0.6 is 31.9 Å². The van der Waals surface area contributed by atoms with Crippen molar-refractivity contribution in [2.75, 3.05) is 0 Å². The molecule has 0 amide bonds. The topological polar surface area (TPSA) is 79.1 Å². The zero-order valence-electron chi connectivity index (χ0n) is 7.47. The summed E-state index contributed by atoms with van der Waals surface area (Å²) in [5.74, 6) is -0.920. The van der Waals surface area contributed by atoms with Crippen LogP contribution in [0.1, 0.15) is 19.0 Å². The van der Waals surface area contributed by atoms with Gasteiger partial charge in [-0.15, -0.1) is 0 Å². The van der Waals surface area contributed by atoms with Gasteiger partial charge in [-0.2, -0.15) is 0 Å². The van der Waals surface area contributed by atoms with Gasteiger partial charge in [0.05, 0.1) is 21.0 Å². The molecule has 14 heavy (non-hydrogen) atoms. The lowest BCUT2D eigenvalue weighted by molar-refractivity contribution is -0.138. The van der Waals surface area contributed by atoms with Gasteiger partial charge in [0.1, 0.15) is 0 Å². The van der Waals surface area contributed by atoms with Crippen LogP contribution in [0.2, 0.25) is 0 Å². The molecule has 0 saturated heterocycles. The highest BCUT2D eigenvalue weighted by Crippen LogP contribution is 2.29. The van der Waals surface area contributed by atoms with Crippen LogP contribution in [0.5, 0.6) is 0 Å². The Kier molecular flexibility index (Phi) is 3.39. The maximum absolute atomic E-state index is 10.6. The molecule has 0 bridgehead atoms. The molecule has 1 aromatic heterocycles. The molecule has 0 aliphatic rings. The first-order chi connectivity index (χ1) is 6.33. The minimum absolute atomic E-state index is 0.119. The number of hydrogen-bond donors (Lipinski definition) is 3. The van der Waals surface area contributed by atoms with Crippen LogP contribution in [0.4, 0.5) is 0 Å². The number of nitrogens with one attached hydrogen (secondary N) is 1. The van der Waals surface area contributed by atoms with E-state index < -0.39 is 11.5 Å². The summed E-state index contributed by atoms with van der Waals surface area (Å²) >= 11 is 6.56. The molecule has 0 spiro atoms. The Morgan fingerprint density at radius 3 is 2.64 bits per heavy atom. The van der Waals surface area contributed by atoms with E-state index in [2.05, 4.69) is 36.8 Å². The van der Waals surface area contributed by atoms with E-state index in [1.54, 1.807) is 13.0 Å². The average molecular weight is 326 g/mol. The molecule has 1 aromatic rings. The van der Waals surface area contributed by atoms with Crippen LogP contribution in [0, 0.1) is 0 Å². The average Bonchev–Trinajstić information content (AvgIpc) is 2.30. The largest absolute Gasteiger partial charge is 0.481 e. The van der Waals surface area contributed by atoms with E-state index in [0.717, 1.165) is 9.08 Å². The number of aromatic nitrogens is 1. The Labute approximate surface area is 98.1 Å². The smallest absolute Gasteiger partial charge is 0.305 e. The van der Waals surface area contributed by atoms with Crippen LogP contribution in [0.15, 0.2) is 15.1 Å². The number of H-pyrrole nitrogens is 1. The third-order valence-electron chi connectivity index (χ3n) is 1.86. The normalized spacial score (nSPS) is 15.1. The fourth-order valence-electron chi connectivity index (χ4n) is 1.12. The standard InChI is InChI=1S/C8H10Br2N2O2/c1-8(11,3-6(13)14)5-2-4(9)7(10)12-5/h2,12H,3,11H2,1H3,(H,13,14). The Bertz CT molecular complexity index is 341. The van der Waals surface area contributed by atoms with Crippen molar-refractivity contribution >= 4 is 37.8 Å². The molecule has 0 saturated carbocycles. The summed E-state index contributed by atoms with van der Waals surface area (Å²) in [6.45, 7) is 1.67. The highest BCUT2D eigenvalue weighted by molar-refractivity contribution is 9.13. The summed E-state index contributed by atoms with van der Waals surface area (Å²) in [6.07, 6.45) is -0.119. The lowest BCUT2D eigenvalue weighted by Gasteiger charge is -2.20. The first-order valence-corrected chi connectivity index (χ1v) is 5.46. The van der Waals surface area contributed by atoms with Gasteiger partial charge in [0.25, 0.3) is 0 Å². The van der Waals surface area contributed by atoms with Crippen LogP contribution in [-0.4, -0.2) is 16.1 Å². The van der Waals surface area contributed by atoms with Crippen LogP contribution in [0.3, 0.4) is 0 Å². The number of halogens is 2. The van der Waals surface area contributed by atoms with Gasteiger partial charge in [0.2, 0.25) is 0 Å². The maximum Gasteiger partial charge on any atom is 0.305 e. The van der Waals surface area contributed by atoms with Gasteiger partial charge in [-0.25, -0.2) is 0 Å². The van der Waals surface area contributed by atoms with E-state index in [9.17, 15) is 4.79 Å². The summed E-state index contributed by atoms with van der Waals surface area (Å²) < 4.78 is 1.59. The Morgan fingerprint density at radius 2 is 2.29 bits per heavy atom. The molecule has 0 fully saturated rings. The molecule has 0 aliphatic heterocycles. The number of carbonyl (C=O) groups is 1. The van der Waals surface area contributed by atoms with Crippen molar-refractivity contribution < 1.29 is 9.90 Å². The van der Waals surface area contributed by atoms with E-state index >= 15 is 0 Å². The van der Waals surface area contributed by atoms with Crippen molar-refractivity contribution in [3.05, 3.63) is 20.8 Å².